The van der Waals surface area contributed by atoms with Crippen LogP contribution in [0.3, 0.4) is 0 Å². The fourth-order valence-corrected chi connectivity index (χ4v) is 1.43. The van der Waals surface area contributed by atoms with Crippen molar-refractivity contribution in [3.63, 3.8) is 0 Å². The van der Waals surface area contributed by atoms with E-state index in [-0.39, 0.29) is 5.41 Å². The normalized spacial score (nSPS) is 11.5. The van der Waals surface area contributed by atoms with Gasteiger partial charge in [-0.3, -0.25) is 0 Å². The van der Waals surface area contributed by atoms with Gasteiger partial charge < -0.3 is 10.1 Å². The van der Waals surface area contributed by atoms with Gasteiger partial charge in [0.1, 0.15) is 5.75 Å². The Kier molecular flexibility index (Phi) is 5.10. The second-order valence-corrected chi connectivity index (χ2v) is 5.02. The lowest BCUT2D eigenvalue weighted by molar-refractivity contribution is 0.385. The van der Waals surface area contributed by atoms with E-state index in [1.807, 2.05) is 12.1 Å². The lowest BCUT2D eigenvalue weighted by atomic mass is 9.96. The molecule has 0 aliphatic heterocycles. The summed E-state index contributed by atoms with van der Waals surface area (Å²) in [5, 5.41) is 3.41. The van der Waals surface area contributed by atoms with Crippen LogP contribution in [-0.2, 0) is 6.54 Å². The largest absolute Gasteiger partial charge is 0.497 e. The number of alkyl halides is 1. The maximum Gasteiger partial charge on any atom is 0.118 e. The summed E-state index contributed by atoms with van der Waals surface area (Å²) in [6, 6.07) is 8.09. The molecule has 0 aromatic heterocycles. The first-order chi connectivity index (χ1) is 7.57. The highest BCUT2D eigenvalue weighted by Crippen LogP contribution is 2.16. The number of halogens is 1. The van der Waals surface area contributed by atoms with Crippen LogP contribution in [-0.4, -0.2) is 19.5 Å². The highest BCUT2D eigenvalue weighted by Gasteiger charge is 2.15. The molecule has 1 aromatic carbocycles. The van der Waals surface area contributed by atoms with Crippen LogP contribution < -0.4 is 10.1 Å². The summed E-state index contributed by atoms with van der Waals surface area (Å²) >= 11 is 5.86. The number of nitrogens with one attached hydrogen (secondary N) is 1. The lowest BCUT2D eigenvalue weighted by Gasteiger charge is -2.21. The Bertz CT molecular complexity index is 308. The Morgan fingerprint density at radius 2 is 1.88 bits per heavy atom. The SMILES string of the molecule is COc1ccc(CNCC(C)(C)CCl)cc1. The van der Waals surface area contributed by atoms with Crippen LogP contribution in [0.15, 0.2) is 24.3 Å². The molecule has 0 amide bonds. The molecule has 2 nitrogen and oxygen atoms in total. The fourth-order valence-electron chi connectivity index (χ4n) is 1.34. The molecule has 1 aromatic rings. The summed E-state index contributed by atoms with van der Waals surface area (Å²) in [4.78, 5) is 0. The zero-order chi connectivity index (χ0) is 12.0. The molecular formula is C13H20ClNO. The Balaban J connectivity index is 2.37. The number of hydrogen-bond acceptors (Lipinski definition) is 2. The van der Waals surface area contributed by atoms with Crippen LogP contribution in [0.5, 0.6) is 5.75 Å². The number of hydrogen-bond donors (Lipinski definition) is 1. The van der Waals surface area contributed by atoms with Gasteiger partial charge >= 0.3 is 0 Å². The molecule has 0 spiro atoms. The Hall–Kier alpha value is -0.730. The van der Waals surface area contributed by atoms with Crippen molar-refractivity contribution in [2.45, 2.75) is 20.4 Å². The van der Waals surface area contributed by atoms with Gasteiger partial charge in [0.2, 0.25) is 0 Å². The molecule has 0 heterocycles. The quantitative estimate of drug-likeness (QED) is 0.773. The van der Waals surface area contributed by atoms with Crippen LogP contribution in [0.1, 0.15) is 19.4 Å². The van der Waals surface area contributed by atoms with Gasteiger partial charge in [-0.15, -0.1) is 11.6 Å². The highest BCUT2D eigenvalue weighted by molar-refractivity contribution is 6.18. The molecule has 1 rings (SSSR count). The third-order valence-corrected chi connectivity index (χ3v) is 3.18. The lowest BCUT2D eigenvalue weighted by Crippen LogP contribution is -2.30. The zero-order valence-corrected chi connectivity index (χ0v) is 11.0. The van der Waals surface area contributed by atoms with Crippen molar-refractivity contribution < 1.29 is 4.74 Å². The predicted molar refractivity (Wildman–Crippen MR) is 69.2 cm³/mol. The molecule has 16 heavy (non-hydrogen) atoms. The summed E-state index contributed by atoms with van der Waals surface area (Å²) in [6.45, 7) is 6.09. The van der Waals surface area contributed by atoms with Crippen molar-refractivity contribution in [3.8, 4) is 5.75 Å². The van der Waals surface area contributed by atoms with E-state index >= 15 is 0 Å². The first-order valence-electron chi connectivity index (χ1n) is 5.47. The van der Waals surface area contributed by atoms with Gasteiger partial charge in [-0.05, 0) is 23.1 Å². The minimum absolute atomic E-state index is 0.147. The van der Waals surface area contributed by atoms with E-state index in [0.29, 0.717) is 5.88 Å². The molecule has 3 heteroatoms. The Labute approximate surface area is 103 Å². The molecule has 0 aliphatic carbocycles. The number of rotatable bonds is 6. The van der Waals surface area contributed by atoms with E-state index < -0.39 is 0 Å². The van der Waals surface area contributed by atoms with Crippen LogP contribution in [0.25, 0.3) is 0 Å². The van der Waals surface area contributed by atoms with E-state index in [9.17, 15) is 0 Å². The number of methoxy groups -OCH3 is 1. The minimum atomic E-state index is 0.147. The van der Waals surface area contributed by atoms with Crippen molar-refractivity contribution in [2.24, 2.45) is 5.41 Å². The average molecular weight is 242 g/mol. The smallest absolute Gasteiger partial charge is 0.118 e. The third-order valence-electron chi connectivity index (χ3n) is 2.45. The van der Waals surface area contributed by atoms with Gasteiger partial charge in [0.25, 0.3) is 0 Å². The monoisotopic (exact) mass is 241 g/mol. The molecule has 90 valence electrons. The van der Waals surface area contributed by atoms with Crippen LogP contribution in [0.4, 0.5) is 0 Å². The fraction of sp³-hybridized carbons (Fsp3) is 0.538. The molecule has 0 aliphatic rings. The van der Waals surface area contributed by atoms with E-state index in [4.69, 9.17) is 16.3 Å². The maximum atomic E-state index is 5.86. The first kappa shape index (κ1) is 13.3. The molecule has 0 atom stereocenters. The van der Waals surface area contributed by atoms with Crippen molar-refractivity contribution in [1.82, 2.24) is 5.32 Å². The maximum absolute atomic E-state index is 5.86. The van der Waals surface area contributed by atoms with Crippen molar-refractivity contribution in [1.29, 1.82) is 0 Å². The number of ether oxygens (including phenoxy) is 1. The zero-order valence-electron chi connectivity index (χ0n) is 10.2. The van der Waals surface area contributed by atoms with E-state index in [1.54, 1.807) is 7.11 Å². The van der Waals surface area contributed by atoms with Gasteiger partial charge in [-0.25, -0.2) is 0 Å². The molecule has 0 bridgehead atoms. The van der Waals surface area contributed by atoms with Gasteiger partial charge in [0.05, 0.1) is 7.11 Å². The molecule has 0 saturated carbocycles. The summed E-state index contributed by atoms with van der Waals surface area (Å²) in [5.41, 5.74) is 1.40. The highest BCUT2D eigenvalue weighted by atomic mass is 35.5. The Morgan fingerprint density at radius 1 is 1.25 bits per heavy atom. The van der Waals surface area contributed by atoms with Gasteiger partial charge in [-0.1, -0.05) is 26.0 Å². The van der Waals surface area contributed by atoms with Gasteiger partial charge in [-0.2, -0.15) is 0 Å². The van der Waals surface area contributed by atoms with E-state index in [0.717, 1.165) is 18.8 Å². The Morgan fingerprint density at radius 3 is 2.38 bits per heavy atom. The van der Waals surface area contributed by atoms with Crippen molar-refractivity contribution >= 4 is 11.6 Å². The second kappa shape index (κ2) is 6.12. The molecule has 0 fully saturated rings. The first-order valence-corrected chi connectivity index (χ1v) is 6.00. The van der Waals surface area contributed by atoms with E-state index in [1.165, 1.54) is 5.56 Å². The molecule has 1 N–H and O–H groups in total. The van der Waals surface area contributed by atoms with Crippen molar-refractivity contribution in [2.75, 3.05) is 19.5 Å². The third kappa shape index (κ3) is 4.42. The topological polar surface area (TPSA) is 21.3 Å². The molecular weight excluding hydrogens is 222 g/mol. The van der Waals surface area contributed by atoms with Gasteiger partial charge in [0, 0.05) is 19.0 Å². The number of benzene rings is 1. The van der Waals surface area contributed by atoms with Gasteiger partial charge in [0.15, 0.2) is 0 Å². The molecule has 0 radical (unpaired) electrons. The van der Waals surface area contributed by atoms with E-state index in [2.05, 4.69) is 31.3 Å². The summed E-state index contributed by atoms with van der Waals surface area (Å²) < 4.78 is 5.11. The molecule has 0 saturated heterocycles. The van der Waals surface area contributed by atoms with Crippen LogP contribution in [0.2, 0.25) is 0 Å². The summed E-state index contributed by atoms with van der Waals surface area (Å²) in [6.07, 6.45) is 0. The predicted octanol–water partition coefficient (Wildman–Crippen LogP) is 3.05. The van der Waals surface area contributed by atoms with Crippen molar-refractivity contribution in [3.05, 3.63) is 29.8 Å². The summed E-state index contributed by atoms with van der Waals surface area (Å²) in [5.74, 6) is 1.56. The minimum Gasteiger partial charge on any atom is -0.497 e. The standard InChI is InChI=1S/C13H20ClNO/c1-13(2,9-14)10-15-8-11-4-6-12(16-3)7-5-11/h4-7,15H,8-10H2,1-3H3. The average Bonchev–Trinajstić information content (AvgIpc) is 2.30. The molecule has 0 unspecified atom stereocenters. The second-order valence-electron chi connectivity index (χ2n) is 4.75. The van der Waals surface area contributed by atoms with Crippen LogP contribution >= 0.6 is 11.6 Å². The summed E-state index contributed by atoms with van der Waals surface area (Å²) in [7, 11) is 1.68. The van der Waals surface area contributed by atoms with Crippen LogP contribution in [0, 0.1) is 5.41 Å².